The molecular formula is C29H36F4O2. The molecule has 2 nitrogen and oxygen atoms in total. The van der Waals surface area contributed by atoms with E-state index in [0.29, 0.717) is 19.4 Å². The minimum Gasteiger partial charge on any atom is -0.491 e. The number of hydrogen-bond donors (Lipinski definition) is 0. The van der Waals surface area contributed by atoms with Crippen molar-refractivity contribution in [3.05, 3.63) is 121 Å². The van der Waals surface area contributed by atoms with Crippen LogP contribution in [0.4, 0.5) is 17.6 Å². The Morgan fingerprint density at radius 2 is 1.26 bits per heavy atom. The molecule has 0 rings (SSSR count). The smallest absolute Gasteiger partial charge is 0.200 e. The van der Waals surface area contributed by atoms with Crippen LogP contribution in [-0.2, 0) is 9.47 Å². The van der Waals surface area contributed by atoms with E-state index in [9.17, 15) is 17.6 Å². The van der Waals surface area contributed by atoms with Gasteiger partial charge in [-0.1, -0.05) is 71.5 Å². The molecule has 0 heterocycles. The lowest BCUT2D eigenvalue weighted by molar-refractivity contribution is 0.0690. The second kappa shape index (κ2) is 15.7. The average Bonchev–Trinajstić information content (AvgIpc) is 2.84. The lowest BCUT2D eigenvalue weighted by Gasteiger charge is -2.17. The third-order valence-corrected chi connectivity index (χ3v) is 4.70. The number of allylic oxidation sites excluding steroid dienone is 10. The largest absolute Gasteiger partial charge is 0.491 e. The standard InChI is InChI=1S/C29H36F4O2/c1-11-12-13-16-34-25(10)29(33)27(31)22(7)20(5)15-14-19(4)21(6)26(30)28(32)23(8)24(9)35-17-18(2)3/h11,14-15,18,24H,1,4-8,10,12-13,16-17H2,2-3,9H3/b15-14-,28-26-,29-27-. The zero-order chi connectivity index (χ0) is 27.3. The number of unbranched alkanes of at least 4 members (excludes halogenated alkanes) is 1. The summed E-state index contributed by atoms with van der Waals surface area (Å²) in [6.07, 6.45) is 4.62. The van der Waals surface area contributed by atoms with Gasteiger partial charge in [0.25, 0.3) is 0 Å². The highest BCUT2D eigenvalue weighted by atomic mass is 19.2. The highest BCUT2D eigenvalue weighted by Crippen LogP contribution is 2.30. The van der Waals surface area contributed by atoms with Gasteiger partial charge in [-0.25, -0.2) is 13.2 Å². The topological polar surface area (TPSA) is 18.5 Å². The van der Waals surface area contributed by atoms with Gasteiger partial charge in [-0.05, 0) is 36.8 Å². The van der Waals surface area contributed by atoms with Crippen molar-refractivity contribution < 1.29 is 27.0 Å². The van der Waals surface area contributed by atoms with E-state index in [1.165, 1.54) is 12.2 Å². The van der Waals surface area contributed by atoms with Crippen LogP contribution in [-0.4, -0.2) is 19.3 Å². The summed E-state index contributed by atoms with van der Waals surface area (Å²) in [5, 5.41) is 0. The molecule has 0 aromatic rings. The fraction of sp³-hybridized carbons (Fsp3) is 0.310. The van der Waals surface area contributed by atoms with E-state index in [1.54, 1.807) is 13.0 Å². The highest BCUT2D eigenvalue weighted by Gasteiger charge is 2.20. The fourth-order valence-electron chi connectivity index (χ4n) is 2.31. The summed E-state index contributed by atoms with van der Waals surface area (Å²) >= 11 is 0. The Kier molecular flexibility index (Phi) is 14.3. The first-order valence-corrected chi connectivity index (χ1v) is 11.1. The van der Waals surface area contributed by atoms with Crippen LogP contribution in [0.3, 0.4) is 0 Å². The van der Waals surface area contributed by atoms with Gasteiger partial charge in [0.05, 0.1) is 12.7 Å². The molecule has 0 aromatic heterocycles. The molecule has 0 radical (unpaired) electrons. The molecule has 0 spiro atoms. The van der Waals surface area contributed by atoms with E-state index >= 15 is 0 Å². The third kappa shape index (κ3) is 10.8. The van der Waals surface area contributed by atoms with Gasteiger partial charge in [0.2, 0.25) is 5.83 Å². The monoisotopic (exact) mass is 492 g/mol. The SMILES string of the molecule is C=CCCCOC(=C)/C(F)=C(/F)C(=C)C(=C)/C=C\C(=C)C(=C)/C(F)=C(/F)C(=C)C(C)OCC(C)C. The quantitative estimate of drug-likeness (QED) is 0.0662. The Hall–Kier alpha value is -3.12. The molecule has 1 unspecified atom stereocenters. The number of hydrogen-bond acceptors (Lipinski definition) is 2. The van der Waals surface area contributed by atoms with Crippen molar-refractivity contribution in [1.29, 1.82) is 0 Å². The van der Waals surface area contributed by atoms with Crippen molar-refractivity contribution in [3.8, 4) is 0 Å². The van der Waals surface area contributed by atoms with Crippen LogP contribution in [0.1, 0.15) is 33.6 Å². The number of halogens is 4. The van der Waals surface area contributed by atoms with Crippen molar-refractivity contribution >= 4 is 0 Å². The molecule has 0 fully saturated rings. The zero-order valence-electron chi connectivity index (χ0n) is 21.0. The first kappa shape index (κ1) is 31.9. The average molecular weight is 493 g/mol. The van der Waals surface area contributed by atoms with Gasteiger partial charge < -0.3 is 9.47 Å². The maximum atomic E-state index is 14.6. The van der Waals surface area contributed by atoms with Gasteiger partial charge in [0.1, 0.15) is 0 Å². The van der Waals surface area contributed by atoms with Crippen molar-refractivity contribution in [3.63, 3.8) is 0 Å². The summed E-state index contributed by atoms with van der Waals surface area (Å²) in [6, 6.07) is 0. The molecule has 0 amide bonds. The van der Waals surface area contributed by atoms with Gasteiger partial charge in [0, 0.05) is 23.3 Å². The predicted molar refractivity (Wildman–Crippen MR) is 138 cm³/mol. The van der Waals surface area contributed by atoms with Crippen LogP contribution in [0.5, 0.6) is 0 Å². The van der Waals surface area contributed by atoms with Gasteiger partial charge in [-0.3, -0.25) is 0 Å². The Morgan fingerprint density at radius 1 is 0.771 bits per heavy atom. The molecule has 0 N–H and O–H groups in total. The minimum absolute atomic E-state index is 0.0185. The van der Waals surface area contributed by atoms with Crippen LogP contribution in [0, 0.1) is 5.92 Å². The summed E-state index contributed by atoms with van der Waals surface area (Å²) in [7, 11) is 0. The molecule has 0 bridgehead atoms. The molecule has 35 heavy (non-hydrogen) atoms. The van der Waals surface area contributed by atoms with Gasteiger partial charge >= 0.3 is 0 Å². The minimum atomic E-state index is -1.31. The maximum absolute atomic E-state index is 14.6. The zero-order valence-corrected chi connectivity index (χ0v) is 21.0. The summed E-state index contributed by atoms with van der Waals surface area (Å²) in [5.41, 5.74) is -0.947. The van der Waals surface area contributed by atoms with Gasteiger partial charge in [-0.2, -0.15) is 4.39 Å². The molecule has 0 aromatic carbocycles. The highest BCUT2D eigenvalue weighted by molar-refractivity contribution is 5.54. The maximum Gasteiger partial charge on any atom is 0.200 e. The van der Waals surface area contributed by atoms with E-state index in [2.05, 4.69) is 46.1 Å². The first-order chi connectivity index (χ1) is 16.3. The third-order valence-electron chi connectivity index (χ3n) is 4.70. The van der Waals surface area contributed by atoms with Crippen molar-refractivity contribution in [1.82, 2.24) is 0 Å². The Bertz CT molecular complexity index is 961. The van der Waals surface area contributed by atoms with E-state index in [-0.39, 0.29) is 40.4 Å². The molecule has 0 saturated carbocycles. The van der Waals surface area contributed by atoms with Crippen LogP contribution < -0.4 is 0 Å². The second-order valence-electron chi connectivity index (χ2n) is 8.19. The molecule has 0 saturated heterocycles. The van der Waals surface area contributed by atoms with E-state index < -0.39 is 35.2 Å². The van der Waals surface area contributed by atoms with Crippen LogP contribution in [0.2, 0.25) is 0 Å². The van der Waals surface area contributed by atoms with E-state index in [1.807, 2.05) is 13.8 Å². The Balaban J connectivity index is 5.28. The first-order valence-electron chi connectivity index (χ1n) is 11.1. The van der Waals surface area contributed by atoms with Crippen LogP contribution in [0.25, 0.3) is 0 Å². The van der Waals surface area contributed by atoms with Crippen molar-refractivity contribution in [2.75, 3.05) is 13.2 Å². The Labute approximate surface area is 207 Å². The lowest BCUT2D eigenvalue weighted by Crippen LogP contribution is -2.15. The van der Waals surface area contributed by atoms with E-state index in [4.69, 9.17) is 9.47 Å². The molecule has 192 valence electrons. The Morgan fingerprint density at radius 3 is 1.71 bits per heavy atom. The van der Waals surface area contributed by atoms with Crippen LogP contribution in [0.15, 0.2) is 121 Å². The number of ether oxygens (including phenoxy) is 2. The van der Waals surface area contributed by atoms with Gasteiger partial charge in [-0.15, -0.1) is 6.58 Å². The summed E-state index contributed by atoms with van der Waals surface area (Å²) in [5.74, 6) is -5.33. The molecule has 0 aliphatic rings. The summed E-state index contributed by atoms with van der Waals surface area (Å²) < 4.78 is 68.4. The lowest BCUT2D eigenvalue weighted by atomic mass is 10.0. The van der Waals surface area contributed by atoms with Crippen LogP contribution >= 0.6 is 0 Å². The molecule has 6 heteroatoms. The summed E-state index contributed by atoms with van der Waals surface area (Å²) in [4.78, 5) is 0. The van der Waals surface area contributed by atoms with Gasteiger partial charge in [0.15, 0.2) is 23.2 Å². The fourth-order valence-corrected chi connectivity index (χ4v) is 2.31. The molecule has 0 aliphatic heterocycles. The van der Waals surface area contributed by atoms with Crippen molar-refractivity contribution in [2.24, 2.45) is 5.92 Å². The normalized spacial score (nSPS) is 13.6. The second-order valence-corrected chi connectivity index (χ2v) is 8.19. The summed E-state index contributed by atoms with van der Waals surface area (Å²) in [6.45, 7) is 30.6. The molecule has 1 atom stereocenters. The number of rotatable bonds is 17. The molecule has 0 aliphatic carbocycles. The predicted octanol–water partition coefficient (Wildman–Crippen LogP) is 9.18. The molecular weight excluding hydrogens is 456 g/mol. The van der Waals surface area contributed by atoms with Crippen molar-refractivity contribution in [2.45, 2.75) is 39.7 Å². The van der Waals surface area contributed by atoms with E-state index in [0.717, 1.165) is 0 Å².